The van der Waals surface area contributed by atoms with Crippen LogP contribution in [0.25, 0.3) is 0 Å². The summed E-state index contributed by atoms with van der Waals surface area (Å²) >= 11 is 0. The zero-order chi connectivity index (χ0) is 19.2. The molecule has 0 bridgehead atoms. The lowest BCUT2D eigenvalue weighted by atomic mass is 9.96. The monoisotopic (exact) mass is 359 g/mol. The summed E-state index contributed by atoms with van der Waals surface area (Å²) in [5, 5.41) is 15.8. The summed E-state index contributed by atoms with van der Waals surface area (Å²) in [4.78, 5) is 27.8. The Balaban J connectivity index is 1.81. The molecule has 0 radical (unpaired) electrons. The van der Waals surface area contributed by atoms with Gasteiger partial charge in [0, 0.05) is 24.7 Å². The zero-order valence-electron chi connectivity index (χ0n) is 15.4. The number of nitrogens with zero attached hydrogens (tertiary/aromatic N) is 2. The maximum absolute atomic E-state index is 12.1. The first-order valence-electron chi connectivity index (χ1n) is 8.65. The van der Waals surface area contributed by atoms with Gasteiger partial charge in [-0.2, -0.15) is 4.98 Å². The first-order chi connectivity index (χ1) is 12.3. The average Bonchev–Trinajstić information content (AvgIpc) is 3.04. The molecule has 0 fully saturated rings. The summed E-state index contributed by atoms with van der Waals surface area (Å²) in [5.74, 6) is -0.231. The smallest absolute Gasteiger partial charge is 0.326 e. The number of carboxylic acid groups (broad SMARTS) is 1. The second-order valence-corrected chi connectivity index (χ2v) is 7.26. The van der Waals surface area contributed by atoms with Crippen molar-refractivity contribution in [1.82, 2.24) is 15.5 Å². The fourth-order valence-electron chi connectivity index (χ4n) is 2.38. The maximum Gasteiger partial charge on any atom is 0.326 e. The molecule has 0 aliphatic carbocycles. The maximum atomic E-state index is 12.1. The minimum Gasteiger partial charge on any atom is -0.480 e. The van der Waals surface area contributed by atoms with Crippen LogP contribution in [0.3, 0.4) is 0 Å². The number of hydrogen-bond donors (Lipinski definition) is 2. The topological polar surface area (TPSA) is 105 Å². The number of aromatic nitrogens is 2. The van der Waals surface area contributed by atoms with Gasteiger partial charge in [-0.05, 0) is 12.0 Å². The molecule has 0 aliphatic heterocycles. The van der Waals surface area contributed by atoms with Crippen molar-refractivity contribution in [3.8, 4) is 0 Å². The zero-order valence-corrected chi connectivity index (χ0v) is 15.4. The van der Waals surface area contributed by atoms with Crippen molar-refractivity contribution in [3.05, 3.63) is 47.6 Å². The van der Waals surface area contributed by atoms with Gasteiger partial charge in [-0.15, -0.1) is 0 Å². The highest BCUT2D eigenvalue weighted by Crippen LogP contribution is 2.18. The second kappa shape index (κ2) is 8.60. The number of benzene rings is 1. The Labute approximate surface area is 152 Å². The first kappa shape index (κ1) is 19.6. The van der Waals surface area contributed by atoms with Gasteiger partial charge in [-0.1, -0.05) is 56.3 Å². The molecule has 1 amide bonds. The van der Waals surface area contributed by atoms with Crippen LogP contribution in [0.1, 0.15) is 50.9 Å². The fourth-order valence-corrected chi connectivity index (χ4v) is 2.38. The molecule has 2 N–H and O–H groups in total. The van der Waals surface area contributed by atoms with Crippen molar-refractivity contribution in [1.29, 1.82) is 0 Å². The molecule has 1 aromatic heterocycles. The lowest BCUT2D eigenvalue weighted by Gasteiger charge is -2.14. The van der Waals surface area contributed by atoms with Crippen LogP contribution >= 0.6 is 0 Å². The fraction of sp³-hybridized carbons (Fsp3) is 0.474. The number of aryl methyl sites for hydroxylation is 1. The number of nitrogens with one attached hydrogen (secondary N) is 1. The Morgan fingerprint density at radius 2 is 1.92 bits per heavy atom. The quantitative estimate of drug-likeness (QED) is 0.750. The standard InChI is InChI=1S/C19H25N3O4/c1-19(2,3)18-21-16(26-22-18)11-7-10-15(23)20-14(17(24)25)12-13-8-5-4-6-9-13/h4-6,8-9,14H,7,10-12H2,1-3H3,(H,20,23)(H,24,25). The number of hydrogen-bond acceptors (Lipinski definition) is 5. The van der Waals surface area contributed by atoms with Gasteiger partial charge >= 0.3 is 5.97 Å². The van der Waals surface area contributed by atoms with E-state index in [1.165, 1.54) is 0 Å². The minimum atomic E-state index is -1.05. The van der Waals surface area contributed by atoms with Gasteiger partial charge in [-0.3, -0.25) is 4.79 Å². The molecular formula is C19H25N3O4. The molecule has 0 spiro atoms. The van der Waals surface area contributed by atoms with E-state index in [1.807, 2.05) is 51.1 Å². The van der Waals surface area contributed by atoms with Crippen LogP contribution in [0.4, 0.5) is 0 Å². The molecule has 2 aromatic rings. The summed E-state index contributed by atoms with van der Waals surface area (Å²) < 4.78 is 5.18. The predicted octanol–water partition coefficient (Wildman–Crippen LogP) is 2.50. The highest BCUT2D eigenvalue weighted by atomic mass is 16.5. The molecule has 1 aromatic carbocycles. The Kier molecular flexibility index (Phi) is 6.49. The van der Waals surface area contributed by atoms with Crippen LogP contribution in [-0.4, -0.2) is 33.2 Å². The van der Waals surface area contributed by atoms with Crippen molar-refractivity contribution in [2.45, 2.75) is 57.9 Å². The van der Waals surface area contributed by atoms with E-state index >= 15 is 0 Å². The number of rotatable bonds is 8. The number of aliphatic carboxylic acids is 1. The SMILES string of the molecule is CC(C)(C)c1noc(CCCC(=O)NC(Cc2ccccc2)C(=O)O)n1. The number of carbonyl (C=O) groups is 2. The average molecular weight is 359 g/mol. The van der Waals surface area contributed by atoms with E-state index in [-0.39, 0.29) is 24.2 Å². The molecule has 7 heteroatoms. The van der Waals surface area contributed by atoms with Gasteiger partial charge in [-0.25, -0.2) is 4.79 Å². The van der Waals surface area contributed by atoms with Gasteiger partial charge in [0.05, 0.1) is 0 Å². The summed E-state index contributed by atoms with van der Waals surface area (Å²) in [6, 6.07) is 8.27. The number of carbonyl (C=O) groups excluding carboxylic acids is 1. The van der Waals surface area contributed by atoms with E-state index in [0.29, 0.717) is 24.6 Å². The minimum absolute atomic E-state index is 0.189. The van der Waals surface area contributed by atoms with E-state index in [0.717, 1.165) is 5.56 Å². The third-order valence-electron chi connectivity index (χ3n) is 3.85. The highest BCUT2D eigenvalue weighted by molar-refractivity contribution is 5.83. The largest absolute Gasteiger partial charge is 0.480 e. The third kappa shape index (κ3) is 5.98. The van der Waals surface area contributed by atoms with Crippen LogP contribution in [0.15, 0.2) is 34.9 Å². The summed E-state index contributed by atoms with van der Waals surface area (Å²) in [7, 11) is 0. The van der Waals surface area contributed by atoms with Crippen molar-refractivity contribution in [3.63, 3.8) is 0 Å². The third-order valence-corrected chi connectivity index (χ3v) is 3.85. The Morgan fingerprint density at radius 1 is 1.23 bits per heavy atom. The molecule has 0 saturated carbocycles. The summed E-state index contributed by atoms with van der Waals surface area (Å²) in [6.45, 7) is 5.98. The molecule has 0 saturated heterocycles. The number of amides is 1. The molecule has 1 heterocycles. The normalized spacial score (nSPS) is 12.6. The van der Waals surface area contributed by atoms with Gasteiger partial charge in [0.2, 0.25) is 11.8 Å². The lowest BCUT2D eigenvalue weighted by molar-refractivity contribution is -0.141. The summed E-state index contributed by atoms with van der Waals surface area (Å²) in [6.07, 6.45) is 1.44. The highest BCUT2D eigenvalue weighted by Gasteiger charge is 2.22. The van der Waals surface area contributed by atoms with Crippen LogP contribution in [-0.2, 0) is 27.8 Å². The van der Waals surface area contributed by atoms with Crippen molar-refractivity contribution in [2.24, 2.45) is 0 Å². The van der Waals surface area contributed by atoms with Gasteiger partial charge < -0.3 is 14.9 Å². The van der Waals surface area contributed by atoms with E-state index in [2.05, 4.69) is 15.5 Å². The number of carboxylic acids is 1. The van der Waals surface area contributed by atoms with Gasteiger partial charge in [0.15, 0.2) is 5.82 Å². The van der Waals surface area contributed by atoms with Crippen molar-refractivity contribution < 1.29 is 19.2 Å². The van der Waals surface area contributed by atoms with E-state index in [4.69, 9.17) is 4.52 Å². The van der Waals surface area contributed by atoms with Gasteiger partial charge in [0.25, 0.3) is 0 Å². The molecule has 26 heavy (non-hydrogen) atoms. The Hall–Kier alpha value is -2.70. The molecule has 140 valence electrons. The van der Waals surface area contributed by atoms with Crippen LogP contribution in [0, 0.1) is 0 Å². The summed E-state index contributed by atoms with van der Waals surface area (Å²) in [5.41, 5.74) is 0.673. The lowest BCUT2D eigenvalue weighted by Crippen LogP contribution is -2.42. The van der Waals surface area contributed by atoms with Crippen molar-refractivity contribution in [2.75, 3.05) is 0 Å². The first-order valence-corrected chi connectivity index (χ1v) is 8.65. The Bertz CT molecular complexity index is 735. The molecule has 2 rings (SSSR count). The molecular weight excluding hydrogens is 334 g/mol. The van der Waals surface area contributed by atoms with E-state index < -0.39 is 12.0 Å². The second-order valence-electron chi connectivity index (χ2n) is 7.26. The van der Waals surface area contributed by atoms with Gasteiger partial charge in [0.1, 0.15) is 6.04 Å². The van der Waals surface area contributed by atoms with Crippen LogP contribution < -0.4 is 5.32 Å². The van der Waals surface area contributed by atoms with E-state index in [9.17, 15) is 14.7 Å². The predicted molar refractivity (Wildman–Crippen MR) is 95.6 cm³/mol. The molecule has 1 unspecified atom stereocenters. The van der Waals surface area contributed by atoms with Crippen LogP contribution in [0.2, 0.25) is 0 Å². The van der Waals surface area contributed by atoms with Crippen LogP contribution in [0.5, 0.6) is 0 Å². The molecule has 0 aliphatic rings. The Morgan fingerprint density at radius 3 is 2.50 bits per heavy atom. The van der Waals surface area contributed by atoms with E-state index in [1.54, 1.807) is 0 Å². The molecule has 1 atom stereocenters. The van der Waals surface area contributed by atoms with Crippen molar-refractivity contribution >= 4 is 11.9 Å². The molecule has 7 nitrogen and oxygen atoms in total.